The zero-order chi connectivity index (χ0) is 14.0. The predicted molar refractivity (Wildman–Crippen MR) is 81.7 cm³/mol. The minimum atomic E-state index is 0.0404. The van der Waals surface area contributed by atoms with Gasteiger partial charge < -0.3 is 10.6 Å². The maximum Gasteiger partial charge on any atom is 0.226 e. The largest absolute Gasteiger partial charge is 0.353 e. The van der Waals surface area contributed by atoms with Gasteiger partial charge in [-0.3, -0.25) is 4.79 Å². The van der Waals surface area contributed by atoms with Gasteiger partial charge in [0, 0.05) is 23.5 Å². The van der Waals surface area contributed by atoms with E-state index in [1.54, 1.807) is 0 Å². The third-order valence-corrected chi connectivity index (χ3v) is 7.33. The standard InChI is InChI=1S/C18H28N2O/c21-17(20-16-6-14-1-2-15(7-16)19-14)18-8-11-3-12(9-18)5-13(4-11)10-18/h11-16,19H,1-10H2,(H,20,21). The van der Waals surface area contributed by atoms with Crippen molar-refractivity contribution in [1.29, 1.82) is 0 Å². The summed E-state index contributed by atoms with van der Waals surface area (Å²) in [7, 11) is 0. The van der Waals surface area contributed by atoms with Crippen molar-refractivity contribution >= 4 is 5.91 Å². The van der Waals surface area contributed by atoms with E-state index >= 15 is 0 Å². The van der Waals surface area contributed by atoms with Gasteiger partial charge in [0.15, 0.2) is 0 Å². The van der Waals surface area contributed by atoms with Crippen LogP contribution in [0.1, 0.15) is 64.2 Å². The van der Waals surface area contributed by atoms with Gasteiger partial charge in [-0.05, 0) is 82.0 Å². The van der Waals surface area contributed by atoms with Gasteiger partial charge in [0.25, 0.3) is 0 Å². The fourth-order valence-corrected chi connectivity index (χ4v) is 6.90. The maximum atomic E-state index is 13.1. The highest BCUT2D eigenvalue weighted by Crippen LogP contribution is 2.60. The number of amides is 1. The van der Waals surface area contributed by atoms with Crippen molar-refractivity contribution in [2.75, 3.05) is 0 Å². The normalized spacial score (nSPS) is 53.9. The van der Waals surface area contributed by atoms with Crippen LogP contribution in [0.5, 0.6) is 0 Å². The number of hydrogen-bond acceptors (Lipinski definition) is 2. The Kier molecular flexibility index (Phi) is 2.75. The van der Waals surface area contributed by atoms with E-state index in [9.17, 15) is 4.79 Å². The highest BCUT2D eigenvalue weighted by Gasteiger charge is 2.55. The van der Waals surface area contributed by atoms with Crippen molar-refractivity contribution in [1.82, 2.24) is 10.6 Å². The molecule has 0 aromatic rings. The molecular formula is C18H28N2O. The Balaban J connectivity index is 1.30. The van der Waals surface area contributed by atoms with Crippen LogP contribution in [0.2, 0.25) is 0 Å². The van der Waals surface area contributed by atoms with Crippen molar-refractivity contribution in [3.63, 3.8) is 0 Å². The molecule has 6 bridgehead atoms. The summed E-state index contributed by atoms with van der Waals surface area (Å²) in [6, 6.07) is 1.79. The molecule has 2 N–H and O–H groups in total. The lowest BCUT2D eigenvalue weighted by molar-refractivity contribution is -0.147. The zero-order valence-electron chi connectivity index (χ0n) is 12.9. The minimum Gasteiger partial charge on any atom is -0.353 e. The van der Waals surface area contributed by atoms with Gasteiger partial charge in [0.05, 0.1) is 0 Å². The Labute approximate surface area is 127 Å². The molecule has 2 saturated heterocycles. The van der Waals surface area contributed by atoms with Crippen LogP contribution in [-0.4, -0.2) is 24.0 Å². The number of carbonyl (C=O) groups is 1. The Morgan fingerprint density at radius 1 is 0.857 bits per heavy atom. The van der Waals surface area contributed by atoms with Crippen LogP contribution < -0.4 is 10.6 Å². The van der Waals surface area contributed by atoms with Crippen molar-refractivity contribution in [3.05, 3.63) is 0 Å². The lowest BCUT2D eigenvalue weighted by atomic mass is 9.49. The van der Waals surface area contributed by atoms with E-state index < -0.39 is 0 Å². The lowest BCUT2D eigenvalue weighted by Gasteiger charge is -2.56. The number of carbonyl (C=O) groups excluding carboxylic acids is 1. The first-order valence-electron chi connectivity index (χ1n) is 9.25. The minimum absolute atomic E-state index is 0.0404. The van der Waals surface area contributed by atoms with Gasteiger partial charge in [-0.2, -0.15) is 0 Å². The summed E-state index contributed by atoms with van der Waals surface area (Å²) in [6.45, 7) is 0. The second-order valence-corrected chi connectivity index (χ2v) is 8.98. The molecule has 6 fully saturated rings. The van der Waals surface area contributed by atoms with E-state index in [1.165, 1.54) is 51.4 Å². The molecule has 2 unspecified atom stereocenters. The molecule has 6 aliphatic rings. The second kappa shape index (κ2) is 4.47. The summed E-state index contributed by atoms with van der Waals surface area (Å²) >= 11 is 0. The summed E-state index contributed by atoms with van der Waals surface area (Å²) in [6.07, 6.45) is 12.8. The second-order valence-electron chi connectivity index (χ2n) is 8.98. The summed E-state index contributed by atoms with van der Waals surface area (Å²) in [5, 5.41) is 7.18. The molecule has 3 nitrogen and oxygen atoms in total. The zero-order valence-corrected chi connectivity index (χ0v) is 12.9. The number of fused-ring (bicyclic) bond motifs is 2. The van der Waals surface area contributed by atoms with E-state index in [2.05, 4.69) is 10.6 Å². The van der Waals surface area contributed by atoms with Crippen LogP contribution in [-0.2, 0) is 4.79 Å². The highest BCUT2D eigenvalue weighted by molar-refractivity contribution is 5.83. The molecular weight excluding hydrogens is 260 g/mol. The van der Waals surface area contributed by atoms with Crippen LogP contribution in [0, 0.1) is 23.2 Å². The van der Waals surface area contributed by atoms with Crippen LogP contribution in [0.3, 0.4) is 0 Å². The molecule has 6 rings (SSSR count). The van der Waals surface area contributed by atoms with Crippen molar-refractivity contribution in [2.45, 2.75) is 82.3 Å². The molecule has 116 valence electrons. The maximum absolute atomic E-state index is 13.1. The SMILES string of the molecule is O=C(NC1CC2CCC(C1)N2)C12CC3CC(CC(C3)C1)C2. The summed E-state index contributed by atoms with van der Waals surface area (Å²) in [4.78, 5) is 13.1. The molecule has 4 aliphatic carbocycles. The third-order valence-electron chi connectivity index (χ3n) is 7.33. The van der Waals surface area contributed by atoms with E-state index in [1.807, 2.05) is 0 Å². The molecule has 0 aromatic heterocycles. The Bertz CT molecular complexity index is 413. The molecule has 4 saturated carbocycles. The van der Waals surface area contributed by atoms with Crippen LogP contribution in [0.15, 0.2) is 0 Å². The van der Waals surface area contributed by atoms with Crippen molar-refractivity contribution in [2.24, 2.45) is 23.2 Å². The van der Waals surface area contributed by atoms with E-state index in [-0.39, 0.29) is 5.41 Å². The fraction of sp³-hybridized carbons (Fsp3) is 0.944. The molecule has 3 heteroatoms. The quantitative estimate of drug-likeness (QED) is 0.820. The molecule has 0 aromatic carbocycles. The van der Waals surface area contributed by atoms with Crippen molar-refractivity contribution < 1.29 is 4.79 Å². The molecule has 0 radical (unpaired) electrons. The molecule has 1 amide bonds. The molecule has 0 spiro atoms. The highest BCUT2D eigenvalue weighted by atomic mass is 16.2. The van der Waals surface area contributed by atoms with Gasteiger partial charge in [-0.25, -0.2) is 0 Å². The first-order valence-corrected chi connectivity index (χ1v) is 9.25. The van der Waals surface area contributed by atoms with Gasteiger partial charge >= 0.3 is 0 Å². The Morgan fingerprint density at radius 2 is 1.38 bits per heavy atom. The first kappa shape index (κ1) is 12.9. The van der Waals surface area contributed by atoms with Gasteiger partial charge in [0.2, 0.25) is 5.91 Å². The van der Waals surface area contributed by atoms with E-state index in [4.69, 9.17) is 0 Å². The molecule has 2 heterocycles. The molecule has 2 atom stereocenters. The van der Waals surface area contributed by atoms with E-state index in [0.717, 1.165) is 30.6 Å². The molecule has 2 aliphatic heterocycles. The number of nitrogens with one attached hydrogen (secondary N) is 2. The van der Waals surface area contributed by atoms with Crippen LogP contribution >= 0.6 is 0 Å². The summed E-state index contributed by atoms with van der Waals surface area (Å²) in [5.41, 5.74) is 0.0404. The fourth-order valence-electron chi connectivity index (χ4n) is 6.90. The average molecular weight is 288 g/mol. The Hall–Kier alpha value is -0.570. The summed E-state index contributed by atoms with van der Waals surface area (Å²) in [5.74, 6) is 3.04. The third kappa shape index (κ3) is 2.07. The Morgan fingerprint density at radius 3 is 1.90 bits per heavy atom. The average Bonchev–Trinajstić information content (AvgIpc) is 2.76. The monoisotopic (exact) mass is 288 g/mol. The number of rotatable bonds is 2. The first-order chi connectivity index (χ1) is 10.2. The van der Waals surface area contributed by atoms with Gasteiger partial charge in [0.1, 0.15) is 0 Å². The molecule has 21 heavy (non-hydrogen) atoms. The number of hydrogen-bond donors (Lipinski definition) is 2. The smallest absolute Gasteiger partial charge is 0.226 e. The van der Waals surface area contributed by atoms with E-state index in [0.29, 0.717) is 24.0 Å². The van der Waals surface area contributed by atoms with Gasteiger partial charge in [-0.15, -0.1) is 0 Å². The number of piperidine rings is 1. The summed E-state index contributed by atoms with van der Waals surface area (Å²) < 4.78 is 0. The lowest BCUT2D eigenvalue weighted by Crippen LogP contribution is -2.57. The van der Waals surface area contributed by atoms with Crippen molar-refractivity contribution in [3.8, 4) is 0 Å². The topological polar surface area (TPSA) is 41.1 Å². The van der Waals surface area contributed by atoms with Crippen LogP contribution in [0.4, 0.5) is 0 Å². The predicted octanol–water partition coefficient (Wildman–Crippen LogP) is 2.60. The van der Waals surface area contributed by atoms with Gasteiger partial charge in [-0.1, -0.05) is 0 Å². The van der Waals surface area contributed by atoms with Crippen LogP contribution in [0.25, 0.3) is 0 Å².